The first-order chi connectivity index (χ1) is 10.7. The van der Waals surface area contributed by atoms with Crippen LogP contribution in [0.25, 0.3) is 0 Å². The number of nitrogens with zero attached hydrogens (tertiary/aromatic N) is 2. The molecule has 0 spiro atoms. The summed E-state index contributed by atoms with van der Waals surface area (Å²) >= 11 is 0.424. The normalized spacial score (nSPS) is 15.3. The molecule has 0 radical (unpaired) electrons. The van der Waals surface area contributed by atoms with Gasteiger partial charge in [0, 0.05) is 0 Å². The van der Waals surface area contributed by atoms with E-state index < -0.39 is 12.4 Å². The second kappa shape index (κ2) is 9.65. The predicted molar refractivity (Wildman–Crippen MR) is 88.9 cm³/mol. The van der Waals surface area contributed by atoms with Gasteiger partial charge in [-0.15, -0.1) is 0 Å². The van der Waals surface area contributed by atoms with Crippen molar-refractivity contribution in [2.75, 3.05) is 19.8 Å². The van der Waals surface area contributed by atoms with Gasteiger partial charge in [0.25, 0.3) is 0 Å². The monoisotopic (exact) mass is 554 g/mol. The first-order valence-corrected chi connectivity index (χ1v) is 15.8. The summed E-state index contributed by atoms with van der Waals surface area (Å²) in [6.07, 6.45) is 0.567. The van der Waals surface area contributed by atoms with Gasteiger partial charge in [0.1, 0.15) is 0 Å². The van der Waals surface area contributed by atoms with E-state index in [2.05, 4.69) is 6.92 Å². The van der Waals surface area contributed by atoms with Gasteiger partial charge in [-0.25, -0.2) is 0 Å². The van der Waals surface area contributed by atoms with Crippen molar-refractivity contribution in [1.82, 2.24) is 4.67 Å². The Kier molecular flexibility index (Phi) is 8.93. The molecule has 1 rings (SSSR count). The third-order valence-corrected chi connectivity index (χ3v) is 7.71. The number of rotatable bonds is 9. The quantitative estimate of drug-likeness (QED) is 0.260. The third-order valence-electron chi connectivity index (χ3n) is 3.73. The van der Waals surface area contributed by atoms with Crippen molar-refractivity contribution < 1.29 is 56.8 Å². The van der Waals surface area contributed by atoms with Crippen molar-refractivity contribution in [2.24, 2.45) is 0 Å². The molecular formula is C15H25N2O4PRa. The van der Waals surface area contributed by atoms with Crippen molar-refractivity contribution in [3.8, 4) is 0 Å². The molecule has 1 aromatic rings. The Morgan fingerprint density at radius 1 is 1.43 bits per heavy atom. The number of benzene rings is 1. The van der Waals surface area contributed by atoms with E-state index in [4.69, 9.17) is 4.52 Å². The molecule has 0 saturated heterocycles. The molecule has 0 aliphatic heterocycles. The summed E-state index contributed by atoms with van der Waals surface area (Å²) in [4.78, 5) is 10.4. The van der Waals surface area contributed by atoms with E-state index in [-0.39, 0.29) is 11.8 Å². The molecule has 8 heteroatoms. The number of hydrogen-bond donors (Lipinski definition) is 0. The number of non-ortho nitro benzene ring substituents is 1. The number of nitro benzene ring substituents is 1. The fourth-order valence-electron chi connectivity index (χ4n) is 2.64. The van der Waals surface area contributed by atoms with Crippen molar-refractivity contribution in [1.29, 1.82) is 0 Å². The van der Waals surface area contributed by atoms with E-state index >= 15 is 0 Å². The number of hydrogen-bond acceptors (Lipinski definition) is 4. The van der Waals surface area contributed by atoms with Gasteiger partial charge in [-0.1, -0.05) is 0 Å². The zero-order valence-electron chi connectivity index (χ0n) is 14.6. The van der Waals surface area contributed by atoms with Crippen LogP contribution < -0.4 is 0 Å². The molecule has 0 aromatic heterocycles. The fraction of sp³-hybridized carbons (Fsp3) is 0.600. The van der Waals surface area contributed by atoms with Gasteiger partial charge in [0.2, 0.25) is 0 Å². The summed E-state index contributed by atoms with van der Waals surface area (Å²) in [6.45, 7) is 9.00. The molecule has 126 valence electrons. The van der Waals surface area contributed by atoms with Crippen molar-refractivity contribution >= 4 is 13.2 Å². The van der Waals surface area contributed by atoms with Gasteiger partial charge >= 0.3 is 169 Å². The average molecular weight is 554 g/mol. The second-order valence-corrected chi connectivity index (χ2v) is 12.3. The molecule has 0 bridgehead atoms. The van der Waals surface area contributed by atoms with Crippen LogP contribution in [0.3, 0.4) is 0 Å². The van der Waals surface area contributed by atoms with Gasteiger partial charge in [-0.2, -0.15) is 0 Å². The molecule has 0 aliphatic carbocycles. The Balaban J connectivity index is 2.94. The van der Waals surface area contributed by atoms with Crippen molar-refractivity contribution in [3.05, 3.63) is 39.4 Å². The molecule has 1 aromatic carbocycles. The van der Waals surface area contributed by atoms with Crippen LogP contribution in [0.4, 0.5) is 5.69 Å². The first kappa shape index (κ1) is 21.3. The molecule has 0 fully saturated rings. The van der Waals surface area contributed by atoms with E-state index in [0.29, 0.717) is 42.8 Å². The number of nitro groups is 1. The Bertz CT molecular complexity index is 591. The SMILES string of the molecule is CCCN(C[CH2][RaH])P(C)(=O)OC(C)c1ccc([N+](=O)[O-])cc1C. The second-order valence-electron chi connectivity index (χ2n) is 5.80. The van der Waals surface area contributed by atoms with E-state index in [1.165, 1.54) is 12.1 Å². The number of aryl methyl sites for hydroxylation is 1. The summed E-state index contributed by atoms with van der Waals surface area (Å²) in [5.74, 6) is 0. The molecule has 0 saturated carbocycles. The average Bonchev–Trinajstić information content (AvgIpc) is 2.46. The summed E-state index contributed by atoms with van der Waals surface area (Å²) in [5, 5.41) is 10.8. The van der Waals surface area contributed by atoms with Gasteiger partial charge in [0.15, 0.2) is 0 Å². The Morgan fingerprint density at radius 3 is 2.57 bits per heavy atom. The minimum atomic E-state index is -2.87. The predicted octanol–water partition coefficient (Wildman–Crippen LogP) is 4.22. The molecule has 23 heavy (non-hydrogen) atoms. The first-order valence-electron chi connectivity index (χ1n) is 7.99. The molecule has 0 heterocycles. The van der Waals surface area contributed by atoms with Gasteiger partial charge in [-0.3, -0.25) is 0 Å². The van der Waals surface area contributed by atoms with E-state index in [0.717, 1.165) is 32.1 Å². The fourth-order valence-corrected chi connectivity index (χ4v) is 8.36. The molecule has 6 nitrogen and oxygen atoms in total. The van der Waals surface area contributed by atoms with Crippen LogP contribution in [-0.2, 0) is 9.09 Å². The maximum absolute atomic E-state index is 13.0. The molecule has 2 atom stereocenters. The van der Waals surface area contributed by atoms with Crippen LogP contribution >= 0.6 is 7.52 Å². The Labute approximate surface area is 167 Å². The standard InChI is InChI=1S/C15H24N2O4P.Ra.H/c1-6-10-16(7-2)22(5,20)21-13(4)15-9-8-14(17(18)19)11-12(15)3;;/h8-9,11,13H,2,6-7,10H2,1,3-5H3;;. The van der Waals surface area contributed by atoms with Crippen LogP contribution in [0.5, 0.6) is 0 Å². The van der Waals surface area contributed by atoms with Gasteiger partial charge in [-0.05, 0) is 0 Å². The summed E-state index contributed by atoms with van der Waals surface area (Å²) in [7, 11) is -2.87. The molecule has 0 amide bonds. The van der Waals surface area contributed by atoms with Crippen LogP contribution in [-0.4, -0.2) is 29.3 Å². The molecular weight excluding hydrogens is 529 g/mol. The summed E-state index contributed by atoms with van der Waals surface area (Å²) in [5.41, 5.74) is 1.68. The van der Waals surface area contributed by atoms with E-state index in [1.807, 2.05) is 18.5 Å². The van der Waals surface area contributed by atoms with Gasteiger partial charge < -0.3 is 0 Å². The van der Waals surface area contributed by atoms with Crippen molar-refractivity contribution in [2.45, 2.75) is 34.8 Å². The zero-order chi connectivity index (χ0) is 17.6. The summed E-state index contributed by atoms with van der Waals surface area (Å²) < 4.78 is 22.0. The zero-order valence-corrected chi connectivity index (χ0v) is 23.7. The molecule has 0 aliphatic rings. The van der Waals surface area contributed by atoms with Crippen LogP contribution in [0.2, 0.25) is 1.46 Å². The third kappa shape index (κ3) is 6.23. The Morgan fingerprint density at radius 2 is 2.09 bits per heavy atom. The minimum absolute atomic E-state index is 0.0601. The van der Waals surface area contributed by atoms with E-state index in [1.54, 1.807) is 12.7 Å². The van der Waals surface area contributed by atoms with Gasteiger partial charge in [0.05, 0.1) is 0 Å². The molecule has 0 N–H and O–H groups in total. The summed E-state index contributed by atoms with van der Waals surface area (Å²) in [6, 6.07) is 4.69. The van der Waals surface area contributed by atoms with E-state index in [9.17, 15) is 14.7 Å². The van der Waals surface area contributed by atoms with Crippen LogP contribution in [0, 0.1) is 59.8 Å². The Hall–Kier alpha value is 0.238. The van der Waals surface area contributed by atoms with Crippen molar-refractivity contribution in [3.63, 3.8) is 0 Å². The topological polar surface area (TPSA) is 72.7 Å². The molecule has 2 unspecified atom stereocenters. The van der Waals surface area contributed by atoms with Crippen LogP contribution in [0.15, 0.2) is 18.2 Å². The maximum atomic E-state index is 13.0. The van der Waals surface area contributed by atoms with Crippen LogP contribution in [0.1, 0.15) is 37.5 Å².